The monoisotopic (exact) mass is 417 g/mol. The molecule has 4 heteroatoms. The van der Waals surface area contributed by atoms with Crippen molar-refractivity contribution in [2.45, 2.75) is 19.3 Å². The van der Waals surface area contributed by atoms with E-state index >= 15 is 0 Å². The maximum absolute atomic E-state index is 12.2. The van der Waals surface area contributed by atoms with Crippen LogP contribution in [0.15, 0.2) is 72.8 Å². The molecule has 4 rings (SSSR count). The predicted molar refractivity (Wildman–Crippen MR) is 123 cm³/mol. The van der Waals surface area contributed by atoms with Crippen LogP contribution < -0.4 is 5.32 Å². The lowest BCUT2D eigenvalue weighted by molar-refractivity contribution is 0.143. The lowest BCUT2D eigenvalue weighted by atomic mass is 9.98. The lowest BCUT2D eigenvalue weighted by Crippen LogP contribution is -2.26. The Hall–Kier alpha value is -3.04. The fourth-order valence-corrected chi connectivity index (χ4v) is 4.10. The van der Waals surface area contributed by atoms with E-state index in [1.807, 2.05) is 61.5 Å². The van der Waals surface area contributed by atoms with Crippen molar-refractivity contribution in [2.24, 2.45) is 0 Å². The first kappa shape index (κ1) is 20.2. The molecule has 3 nitrogen and oxygen atoms in total. The molecule has 0 bridgehead atoms. The molecule has 0 fully saturated rings. The van der Waals surface area contributed by atoms with Gasteiger partial charge in [-0.25, -0.2) is 4.79 Å². The highest BCUT2D eigenvalue weighted by Gasteiger charge is 2.28. The van der Waals surface area contributed by atoms with Gasteiger partial charge in [0, 0.05) is 17.5 Å². The van der Waals surface area contributed by atoms with E-state index in [2.05, 4.69) is 29.6 Å². The second kappa shape index (κ2) is 9.19. The highest BCUT2D eigenvalue weighted by atomic mass is 35.5. The third kappa shape index (κ3) is 4.27. The number of ether oxygens (including phenoxy) is 1. The second-order valence-electron chi connectivity index (χ2n) is 7.40. The average molecular weight is 418 g/mol. The van der Waals surface area contributed by atoms with Gasteiger partial charge in [0.05, 0.1) is 0 Å². The number of alkyl carbamates (subject to hydrolysis) is 1. The van der Waals surface area contributed by atoms with Crippen LogP contribution in [0.4, 0.5) is 4.79 Å². The molecule has 3 aromatic carbocycles. The minimum absolute atomic E-state index is 0.0776. The molecule has 1 N–H and O–H groups in total. The van der Waals surface area contributed by atoms with Crippen LogP contribution in [-0.4, -0.2) is 19.2 Å². The first-order valence-corrected chi connectivity index (χ1v) is 10.5. The van der Waals surface area contributed by atoms with Crippen molar-refractivity contribution < 1.29 is 9.53 Å². The van der Waals surface area contributed by atoms with Crippen LogP contribution in [-0.2, 0) is 4.74 Å². The first-order valence-electron chi connectivity index (χ1n) is 10.2. The van der Waals surface area contributed by atoms with Crippen LogP contribution >= 0.6 is 11.6 Å². The number of hydrogen-bond acceptors (Lipinski definition) is 2. The zero-order chi connectivity index (χ0) is 20.9. The smallest absolute Gasteiger partial charge is 0.407 e. The summed E-state index contributed by atoms with van der Waals surface area (Å²) >= 11 is 6.14. The molecule has 0 aliphatic heterocycles. The summed E-state index contributed by atoms with van der Waals surface area (Å²) in [6.07, 6.45) is 4.39. The quantitative estimate of drug-likeness (QED) is 0.459. The van der Waals surface area contributed by atoms with Crippen molar-refractivity contribution >= 4 is 23.8 Å². The number of hydrogen-bond donors (Lipinski definition) is 1. The van der Waals surface area contributed by atoms with Gasteiger partial charge in [0.1, 0.15) is 6.61 Å². The molecule has 0 unspecified atom stereocenters. The summed E-state index contributed by atoms with van der Waals surface area (Å²) in [6.45, 7) is 2.85. The van der Waals surface area contributed by atoms with Crippen LogP contribution in [0.1, 0.15) is 34.6 Å². The number of benzene rings is 3. The number of amides is 1. The second-order valence-corrected chi connectivity index (χ2v) is 7.80. The van der Waals surface area contributed by atoms with Gasteiger partial charge < -0.3 is 10.1 Å². The largest absolute Gasteiger partial charge is 0.449 e. The molecule has 0 spiro atoms. The molecular formula is C26H24ClNO2. The molecule has 0 saturated carbocycles. The SMILES string of the molecule is Cc1c(Cl)cccc1C=CCCNC(=O)OCC1c2ccccc2-c2ccccc21. The molecule has 0 atom stereocenters. The summed E-state index contributed by atoms with van der Waals surface area (Å²) in [6, 6.07) is 22.5. The Morgan fingerprint density at radius 3 is 2.37 bits per heavy atom. The minimum Gasteiger partial charge on any atom is -0.449 e. The van der Waals surface area contributed by atoms with Crippen molar-refractivity contribution in [1.29, 1.82) is 0 Å². The fraction of sp³-hybridized carbons (Fsp3) is 0.192. The summed E-state index contributed by atoms with van der Waals surface area (Å²) in [5, 5.41) is 3.59. The summed E-state index contributed by atoms with van der Waals surface area (Å²) in [5.74, 6) is 0.0776. The van der Waals surface area contributed by atoms with Crippen LogP contribution in [0.25, 0.3) is 17.2 Å². The third-order valence-electron chi connectivity index (χ3n) is 5.53. The van der Waals surface area contributed by atoms with Gasteiger partial charge in [-0.15, -0.1) is 0 Å². The van der Waals surface area contributed by atoms with E-state index in [1.165, 1.54) is 22.3 Å². The van der Waals surface area contributed by atoms with Crippen LogP contribution in [0.5, 0.6) is 0 Å². The summed E-state index contributed by atoms with van der Waals surface area (Å²) in [5.41, 5.74) is 7.02. The van der Waals surface area contributed by atoms with Gasteiger partial charge in [-0.3, -0.25) is 0 Å². The zero-order valence-electron chi connectivity index (χ0n) is 16.9. The Kier molecular flexibility index (Phi) is 6.20. The van der Waals surface area contributed by atoms with E-state index in [0.29, 0.717) is 13.2 Å². The van der Waals surface area contributed by atoms with Gasteiger partial charge in [-0.05, 0) is 52.8 Å². The molecule has 1 aliphatic rings. The molecule has 30 heavy (non-hydrogen) atoms. The standard InChI is InChI=1S/C26H24ClNO2/c1-18-19(10-8-15-25(18)27)9-6-7-16-28-26(29)30-17-24-22-13-4-2-11-20(22)21-12-3-5-14-23(21)24/h2-6,8-15,24H,7,16-17H2,1H3,(H,28,29). The van der Waals surface area contributed by atoms with Gasteiger partial charge >= 0.3 is 6.09 Å². The normalized spacial score (nSPS) is 12.6. The van der Waals surface area contributed by atoms with E-state index in [9.17, 15) is 4.79 Å². The first-order chi connectivity index (χ1) is 14.6. The van der Waals surface area contributed by atoms with Gasteiger partial charge in [0.25, 0.3) is 0 Å². The maximum Gasteiger partial charge on any atom is 0.407 e. The van der Waals surface area contributed by atoms with Gasteiger partial charge in [0.2, 0.25) is 0 Å². The topological polar surface area (TPSA) is 38.3 Å². The summed E-state index contributed by atoms with van der Waals surface area (Å²) < 4.78 is 5.55. The van der Waals surface area contributed by atoms with E-state index in [0.717, 1.165) is 22.6 Å². The van der Waals surface area contributed by atoms with Gasteiger partial charge in [0.15, 0.2) is 0 Å². The lowest BCUT2D eigenvalue weighted by Gasteiger charge is -2.14. The van der Waals surface area contributed by atoms with Crippen molar-refractivity contribution in [3.05, 3.63) is 100 Å². The molecule has 0 saturated heterocycles. The average Bonchev–Trinajstić information content (AvgIpc) is 3.09. The highest BCUT2D eigenvalue weighted by Crippen LogP contribution is 2.44. The number of rotatable bonds is 6. The maximum atomic E-state index is 12.2. The van der Waals surface area contributed by atoms with Crippen molar-refractivity contribution in [3.8, 4) is 11.1 Å². The Labute approximate surface area is 182 Å². The van der Waals surface area contributed by atoms with Crippen LogP contribution in [0.3, 0.4) is 0 Å². The molecular weight excluding hydrogens is 394 g/mol. The number of carbonyl (C=O) groups excluding carboxylic acids is 1. The molecule has 0 heterocycles. The van der Waals surface area contributed by atoms with E-state index in [1.54, 1.807) is 0 Å². The molecule has 1 amide bonds. The van der Waals surface area contributed by atoms with E-state index in [-0.39, 0.29) is 12.0 Å². The van der Waals surface area contributed by atoms with Crippen LogP contribution in [0, 0.1) is 6.92 Å². The van der Waals surface area contributed by atoms with Gasteiger partial charge in [-0.1, -0.05) is 84.4 Å². The Balaban J connectivity index is 1.28. The highest BCUT2D eigenvalue weighted by molar-refractivity contribution is 6.31. The van der Waals surface area contributed by atoms with Crippen LogP contribution in [0.2, 0.25) is 5.02 Å². The Bertz CT molecular complexity index is 1040. The van der Waals surface area contributed by atoms with Crippen molar-refractivity contribution in [3.63, 3.8) is 0 Å². The number of fused-ring (bicyclic) bond motifs is 3. The Morgan fingerprint density at radius 2 is 1.67 bits per heavy atom. The van der Waals surface area contributed by atoms with E-state index < -0.39 is 0 Å². The fourth-order valence-electron chi connectivity index (χ4n) is 3.92. The number of carbonyl (C=O) groups is 1. The molecule has 1 aliphatic carbocycles. The molecule has 3 aromatic rings. The van der Waals surface area contributed by atoms with Crippen molar-refractivity contribution in [1.82, 2.24) is 5.32 Å². The third-order valence-corrected chi connectivity index (χ3v) is 5.94. The van der Waals surface area contributed by atoms with Crippen molar-refractivity contribution in [2.75, 3.05) is 13.2 Å². The number of nitrogens with one attached hydrogen (secondary N) is 1. The number of halogens is 1. The molecule has 0 aromatic heterocycles. The molecule has 0 radical (unpaired) electrons. The summed E-state index contributed by atoms with van der Waals surface area (Å²) in [4.78, 5) is 12.2. The van der Waals surface area contributed by atoms with Gasteiger partial charge in [-0.2, -0.15) is 0 Å². The predicted octanol–water partition coefficient (Wildman–Crippen LogP) is 6.59. The molecule has 152 valence electrons. The zero-order valence-corrected chi connectivity index (χ0v) is 17.7. The van der Waals surface area contributed by atoms with E-state index in [4.69, 9.17) is 16.3 Å². The minimum atomic E-state index is -0.385. The summed E-state index contributed by atoms with van der Waals surface area (Å²) in [7, 11) is 0. The Morgan fingerprint density at radius 1 is 1.00 bits per heavy atom.